The van der Waals surface area contributed by atoms with Gasteiger partial charge in [-0.05, 0) is 42.3 Å². The average molecular weight is 356 g/mol. The van der Waals surface area contributed by atoms with E-state index in [-0.39, 0.29) is 0 Å². The number of anilines is 1. The Balaban J connectivity index is 2.08. The van der Waals surface area contributed by atoms with Crippen molar-refractivity contribution in [2.24, 2.45) is 0 Å². The van der Waals surface area contributed by atoms with Gasteiger partial charge in [-0.1, -0.05) is 60.2 Å². The van der Waals surface area contributed by atoms with Crippen molar-refractivity contribution in [2.45, 2.75) is 12.3 Å². The molecule has 4 heteroatoms. The Bertz CT molecular complexity index is 975. The van der Waals surface area contributed by atoms with E-state index < -0.39 is 11.3 Å². The van der Waals surface area contributed by atoms with Crippen LogP contribution in [0.4, 0.5) is 5.69 Å². The maximum absolute atomic E-state index is 13.4. The quantitative estimate of drug-likeness (QED) is 0.734. The number of methoxy groups -OCH3 is 1. The van der Waals surface area contributed by atoms with Crippen molar-refractivity contribution >= 4 is 11.6 Å². The van der Waals surface area contributed by atoms with Crippen molar-refractivity contribution in [3.63, 3.8) is 0 Å². The molecule has 0 aliphatic carbocycles. The van der Waals surface area contributed by atoms with Gasteiger partial charge in [-0.25, -0.2) is 0 Å². The van der Waals surface area contributed by atoms with Gasteiger partial charge in [-0.15, -0.1) is 0 Å². The number of nitriles is 1. The topological polar surface area (TPSA) is 62.1 Å². The van der Waals surface area contributed by atoms with Crippen molar-refractivity contribution < 1.29 is 9.53 Å². The molecule has 0 aromatic heterocycles. The fraction of sp³-hybridized carbons (Fsp3) is 0.130. The third-order valence-electron chi connectivity index (χ3n) is 4.51. The highest BCUT2D eigenvalue weighted by Crippen LogP contribution is 2.34. The number of carbonyl (C=O) groups is 1. The standard InChI is InChI=1S/C23H20N2O2/c1-17-7-6-10-19(15-17)23(16-24,18-8-4-3-5-9-18)22(26)25-20-11-13-21(27-2)14-12-20/h3-15H,1-2H3,(H,25,26). The van der Waals surface area contributed by atoms with Gasteiger partial charge in [0.05, 0.1) is 13.2 Å². The number of nitrogens with one attached hydrogen (secondary N) is 1. The van der Waals surface area contributed by atoms with Gasteiger partial charge >= 0.3 is 0 Å². The van der Waals surface area contributed by atoms with E-state index in [0.717, 1.165) is 5.56 Å². The molecule has 3 aromatic rings. The molecule has 1 amide bonds. The Kier molecular flexibility index (Phi) is 5.23. The van der Waals surface area contributed by atoms with E-state index in [0.29, 0.717) is 22.6 Å². The van der Waals surface area contributed by atoms with Crippen LogP contribution in [0.3, 0.4) is 0 Å². The van der Waals surface area contributed by atoms with Crippen LogP contribution in [-0.4, -0.2) is 13.0 Å². The van der Waals surface area contributed by atoms with Gasteiger partial charge in [0.1, 0.15) is 5.75 Å². The van der Waals surface area contributed by atoms with Crippen LogP contribution in [0, 0.1) is 18.3 Å². The van der Waals surface area contributed by atoms with Crippen molar-refractivity contribution in [2.75, 3.05) is 12.4 Å². The predicted octanol–water partition coefficient (Wildman–Crippen LogP) is 4.45. The maximum Gasteiger partial charge on any atom is 0.254 e. The second-order valence-corrected chi connectivity index (χ2v) is 6.28. The Morgan fingerprint density at radius 1 is 0.963 bits per heavy atom. The zero-order valence-electron chi connectivity index (χ0n) is 15.3. The molecule has 1 unspecified atom stereocenters. The Labute approximate surface area is 159 Å². The number of hydrogen-bond donors (Lipinski definition) is 1. The molecule has 0 saturated carbocycles. The first-order valence-electron chi connectivity index (χ1n) is 8.59. The van der Waals surface area contributed by atoms with E-state index in [2.05, 4.69) is 11.4 Å². The minimum atomic E-state index is -1.45. The number of aryl methyl sites for hydroxylation is 1. The molecule has 0 spiro atoms. The van der Waals surface area contributed by atoms with Crippen molar-refractivity contribution in [3.05, 3.63) is 95.6 Å². The summed E-state index contributed by atoms with van der Waals surface area (Å²) < 4.78 is 5.15. The zero-order valence-corrected chi connectivity index (χ0v) is 15.3. The molecule has 0 bridgehead atoms. The molecule has 4 nitrogen and oxygen atoms in total. The Morgan fingerprint density at radius 3 is 2.22 bits per heavy atom. The second-order valence-electron chi connectivity index (χ2n) is 6.28. The molecule has 0 aliphatic heterocycles. The average Bonchev–Trinajstić information content (AvgIpc) is 2.70. The van der Waals surface area contributed by atoms with Gasteiger partial charge in [-0.2, -0.15) is 5.26 Å². The lowest BCUT2D eigenvalue weighted by atomic mass is 9.74. The van der Waals surface area contributed by atoms with E-state index in [1.807, 2.05) is 49.4 Å². The minimum absolute atomic E-state index is 0.396. The summed E-state index contributed by atoms with van der Waals surface area (Å²) in [6, 6.07) is 25.9. The summed E-state index contributed by atoms with van der Waals surface area (Å²) in [5.74, 6) is 0.299. The third-order valence-corrected chi connectivity index (χ3v) is 4.51. The van der Waals surface area contributed by atoms with Crippen LogP contribution in [0.1, 0.15) is 16.7 Å². The second kappa shape index (κ2) is 7.76. The molecule has 0 radical (unpaired) electrons. The van der Waals surface area contributed by atoms with Crippen LogP contribution >= 0.6 is 0 Å². The van der Waals surface area contributed by atoms with Crippen LogP contribution in [-0.2, 0) is 10.2 Å². The van der Waals surface area contributed by atoms with Gasteiger partial charge in [-0.3, -0.25) is 4.79 Å². The highest BCUT2D eigenvalue weighted by Gasteiger charge is 2.42. The van der Waals surface area contributed by atoms with Gasteiger partial charge < -0.3 is 10.1 Å². The van der Waals surface area contributed by atoms with E-state index in [4.69, 9.17) is 4.74 Å². The number of carbonyl (C=O) groups excluding carboxylic acids is 1. The van der Waals surface area contributed by atoms with Crippen LogP contribution in [0.5, 0.6) is 5.75 Å². The van der Waals surface area contributed by atoms with Crippen molar-refractivity contribution in [1.82, 2.24) is 0 Å². The predicted molar refractivity (Wildman–Crippen MR) is 106 cm³/mol. The summed E-state index contributed by atoms with van der Waals surface area (Å²) in [6.07, 6.45) is 0. The summed E-state index contributed by atoms with van der Waals surface area (Å²) in [6.45, 7) is 1.94. The smallest absolute Gasteiger partial charge is 0.254 e. The first-order chi connectivity index (χ1) is 13.1. The fourth-order valence-corrected chi connectivity index (χ4v) is 3.07. The normalized spacial score (nSPS) is 12.5. The molecule has 0 heterocycles. The fourth-order valence-electron chi connectivity index (χ4n) is 3.07. The molecule has 3 rings (SSSR count). The first-order valence-corrected chi connectivity index (χ1v) is 8.59. The number of nitrogens with zero attached hydrogens (tertiary/aromatic N) is 1. The summed E-state index contributed by atoms with van der Waals surface area (Å²) in [5.41, 5.74) is 1.41. The molecule has 0 saturated heterocycles. The zero-order chi connectivity index (χ0) is 19.3. The van der Waals surface area contributed by atoms with E-state index in [1.165, 1.54) is 0 Å². The molecule has 1 N–H and O–H groups in total. The van der Waals surface area contributed by atoms with Crippen LogP contribution in [0.15, 0.2) is 78.9 Å². The lowest BCUT2D eigenvalue weighted by molar-refractivity contribution is -0.118. The van der Waals surface area contributed by atoms with E-state index in [1.54, 1.807) is 43.5 Å². The van der Waals surface area contributed by atoms with Gasteiger partial charge in [0, 0.05) is 5.69 Å². The van der Waals surface area contributed by atoms with Crippen LogP contribution < -0.4 is 10.1 Å². The number of rotatable bonds is 5. The SMILES string of the molecule is COc1ccc(NC(=O)C(C#N)(c2ccccc2)c2cccc(C)c2)cc1. The Hall–Kier alpha value is -3.58. The summed E-state index contributed by atoms with van der Waals surface area (Å²) in [7, 11) is 1.58. The monoisotopic (exact) mass is 356 g/mol. The minimum Gasteiger partial charge on any atom is -0.497 e. The molecule has 27 heavy (non-hydrogen) atoms. The molecule has 0 fully saturated rings. The lowest BCUT2D eigenvalue weighted by Crippen LogP contribution is -2.40. The highest BCUT2D eigenvalue weighted by molar-refractivity contribution is 6.04. The third kappa shape index (κ3) is 3.54. The summed E-state index contributed by atoms with van der Waals surface area (Å²) in [5, 5.41) is 13.1. The number of amides is 1. The van der Waals surface area contributed by atoms with Crippen LogP contribution in [0.25, 0.3) is 0 Å². The summed E-state index contributed by atoms with van der Waals surface area (Å²) in [4.78, 5) is 13.4. The van der Waals surface area contributed by atoms with Gasteiger partial charge in [0.2, 0.25) is 0 Å². The largest absolute Gasteiger partial charge is 0.497 e. The summed E-state index contributed by atoms with van der Waals surface area (Å²) >= 11 is 0. The lowest BCUT2D eigenvalue weighted by Gasteiger charge is -2.27. The molecular weight excluding hydrogens is 336 g/mol. The van der Waals surface area contributed by atoms with Crippen molar-refractivity contribution in [3.8, 4) is 11.8 Å². The van der Waals surface area contributed by atoms with E-state index in [9.17, 15) is 10.1 Å². The van der Waals surface area contributed by atoms with Gasteiger partial charge in [0.25, 0.3) is 5.91 Å². The van der Waals surface area contributed by atoms with Crippen LogP contribution in [0.2, 0.25) is 0 Å². The molecule has 3 aromatic carbocycles. The Morgan fingerprint density at radius 2 is 1.63 bits per heavy atom. The molecule has 1 atom stereocenters. The maximum atomic E-state index is 13.4. The van der Waals surface area contributed by atoms with Crippen molar-refractivity contribution in [1.29, 1.82) is 5.26 Å². The van der Waals surface area contributed by atoms with E-state index >= 15 is 0 Å². The number of benzene rings is 3. The molecule has 134 valence electrons. The molecular formula is C23H20N2O2. The number of ether oxygens (including phenoxy) is 1. The highest BCUT2D eigenvalue weighted by atomic mass is 16.5. The molecule has 0 aliphatic rings. The van der Waals surface area contributed by atoms with Gasteiger partial charge in [0.15, 0.2) is 5.41 Å². The number of hydrogen-bond acceptors (Lipinski definition) is 3. The first kappa shape index (κ1) is 18.2.